The SMILES string of the molecule is CCCCc1ccc(-n2nc3cc(Cl)c(NC(=O)COc4ccc5ccccc5c4)cc3n2)cc1. The van der Waals surface area contributed by atoms with E-state index >= 15 is 0 Å². The van der Waals surface area contributed by atoms with Gasteiger partial charge in [-0.3, -0.25) is 4.79 Å². The second kappa shape index (κ2) is 10.2. The Morgan fingerprint density at radius 1 is 0.943 bits per heavy atom. The van der Waals surface area contributed by atoms with E-state index in [2.05, 4.69) is 34.6 Å². The van der Waals surface area contributed by atoms with Crippen molar-refractivity contribution in [3.63, 3.8) is 0 Å². The van der Waals surface area contributed by atoms with Gasteiger partial charge in [-0.25, -0.2) is 0 Å². The molecule has 176 valence electrons. The van der Waals surface area contributed by atoms with Crippen molar-refractivity contribution in [3.8, 4) is 11.4 Å². The van der Waals surface area contributed by atoms with Crippen molar-refractivity contribution in [2.24, 2.45) is 0 Å². The molecule has 0 atom stereocenters. The summed E-state index contributed by atoms with van der Waals surface area (Å²) in [7, 11) is 0. The Kier molecular flexibility index (Phi) is 6.64. The lowest BCUT2D eigenvalue weighted by Gasteiger charge is -2.09. The number of halogens is 1. The molecule has 1 N–H and O–H groups in total. The van der Waals surface area contributed by atoms with E-state index in [1.54, 1.807) is 16.9 Å². The summed E-state index contributed by atoms with van der Waals surface area (Å²) in [5.41, 5.74) is 3.91. The number of fused-ring (bicyclic) bond motifs is 2. The fourth-order valence-electron chi connectivity index (χ4n) is 3.92. The summed E-state index contributed by atoms with van der Waals surface area (Å²) in [6.45, 7) is 2.05. The van der Waals surface area contributed by atoms with Crippen molar-refractivity contribution < 1.29 is 9.53 Å². The zero-order chi connectivity index (χ0) is 24.2. The number of benzene rings is 4. The Balaban J connectivity index is 1.27. The Hall–Kier alpha value is -3.90. The lowest BCUT2D eigenvalue weighted by molar-refractivity contribution is -0.118. The molecule has 5 rings (SSSR count). The second-order valence-electron chi connectivity index (χ2n) is 8.43. The van der Waals surface area contributed by atoms with Crippen LogP contribution in [0.4, 0.5) is 5.69 Å². The van der Waals surface area contributed by atoms with Gasteiger partial charge in [-0.1, -0.05) is 67.4 Å². The third kappa shape index (κ3) is 5.28. The fraction of sp³-hybridized carbons (Fsp3) is 0.179. The predicted octanol–water partition coefficient (Wildman–Crippen LogP) is 6.59. The van der Waals surface area contributed by atoms with E-state index in [4.69, 9.17) is 16.3 Å². The van der Waals surface area contributed by atoms with Crippen LogP contribution in [0.15, 0.2) is 78.9 Å². The molecule has 1 heterocycles. The van der Waals surface area contributed by atoms with Gasteiger partial charge in [-0.2, -0.15) is 4.80 Å². The van der Waals surface area contributed by atoms with E-state index in [0.717, 1.165) is 22.9 Å². The molecule has 0 spiro atoms. The zero-order valence-corrected chi connectivity index (χ0v) is 20.1. The first kappa shape index (κ1) is 22.9. The highest BCUT2D eigenvalue weighted by atomic mass is 35.5. The Morgan fingerprint density at radius 2 is 1.69 bits per heavy atom. The van der Waals surface area contributed by atoms with Crippen LogP contribution in [0.3, 0.4) is 0 Å². The van der Waals surface area contributed by atoms with Crippen molar-refractivity contribution >= 4 is 45.0 Å². The number of nitrogens with one attached hydrogen (secondary N) is 1. The van der Waals surface area contributed by atoms with Gasteiger partial charge in [0.25, 0.3) is 5.91 Å². The minimum atomic E-state index is -0.311. The first-order valence-electron chi connectivity index (χ1n) is 11.7. The van der Waals surface area contributed by atoms with Crippen molar-refractivity contribution in [2.45, 2.75) is 26.2 Å². The first-order chi connectivity index (χ1) is 17.1. The summed E-state index contributed by atoms with van der Waals surface area (Å²) in [4.78, 5) is 14.1. The zero-order valence-electron chi connectivity index (χ0n) is 19.4. The molecule has 35 heavy (non-hydrogen) atoms. The van der Waals surface area contributed by atoms with Gasteiger partial charge in [0.2, 0.25) is 0 Å². The summed E-state index contributed by atoms with van der Waals surface area (Å²) >= 11 is 6.42. The molecule has 0 saturated carbocycles. The summed E-state index contributed by atoms with van der Waals surface area (Å²) in [6.07, 6.45) is 3.40. The molecule has 0 fully saturated rings. The number of aryl methyl sites for hydroxylation is 1. The van der Waals surface area contributed by atoms with Crippen LogP contribution in [-0.2, 0) is 11.2 Å². The van der Waals surface area contributed by atoms with E-state index < -0.39 is 0 Å². The molecule has 7 heteroatoms. The lowest BCUT2D eigenvalue weighted by atomic mass is 10.1. The molecule has 1 amide bonds. The molecular weight excluding hydrogens is 460 g/mol. The number of carbonyl (C=O) groups is 1. The third-order valence-corrected chi connectivity index (χ3v) is 6.13. The molecular formula is C28H25ClN4O2. The van der Waals surface area contributed by atoms with Crippen LogP contribution in [0.2, 0.25) is 5.02 Å². The van der Waals surface area contributed by atoms with Crippen molar-refractivity contribution in [3.05, 3.63) is 89.4 Å². The number of hydrogen-bond donors (Lipinski definition) is 1. The van der Waals surface area contributed by atoms with Gasteiger partial charge in [-0.15, -0.1) is 10.2 Å². The fourth-order valence-corrected chi connectivity index (χ4v) is 4.12. The van der Waals surface area contributed by atoms with Gasteiger partial charge >= 0.3 is 0 Å². The van der Waals surface area contributed by atoms with E-state index in [1.807, 2.05) is 54.6 Å². The number of unbranched alkanes of at least 4 members (excludes halogenated alkanes) is 1. The maximum atomic E-state index is 12.5. The van der Waals surface area contributed by atoms with Crippen molar-refractivity contribution in [1.82, 2.24) is 15.0 Å². The van der Waals surface area contributed by atoms with Gasteiger partial charge in [0.15, 0.2) is 6.61 Å². The number of carbonyl (C=O) groups excluding carboxylic acids is 1. The maximum absolute atomic E-state index is 12.5. The van der Waals surface area contributed by atoms with Crippen molar-refractivity contribution in [1.29, 1.82) is 0 Å². The lowest BCUT2D eigenvalue weighted by Crippen LogP contribution is -2.20. The largest absolute Gasteiger partial charge is 0.484 e. The van der Waals surface area contributed by atoms with E-state index in [-0.39, 0.29) is 12.5 Å². The monoisotopic (exact) mass is 484 g/mol. The molecule has 6 nitrogen and oxygen atoms in total. The minimum absolute atomic E-state index is 0.135. The molecule has 1 aromatic heterocycles. The number of ether oxygens (including phenoxy) is 1. The predicted molar refractivity (Wildman–Crippen MR) is 141 cm³/mol. The maximum Gasteiger partial charge on any atom is 0.262 e. The summed E-state index contributed by atoms with van der Waals surface area (Å²) in [5, 5.41) is 14.5. The number of anilines is 1. The smallest absolute Gasteiger partial charge is 0.262 e. The van der Waals surface area contributed by atoms with Crippen LogP contribution in [0.1, 0.15) is 25.3 Å². The number of amides is 1. The molecule has 0 aliphatic rings. The standard InChI is InChI=1S/C28H25ClN4O2/c1-2-3-6-19-9-12-22(13-10-19)33-31-26-16-24(29)25(17-27(26)32-33)30-28(34)18-35-23-14-11-20-7-4-5-8-21(20)15-23/h4-5,7-17H,2-3,6,18H2,1H3,(H,30,34). The summed E-state index contributed by atoms with van der Waals surface area (Å²) in [5.74, 6) is 0.318. The van der Waals surface area contributed by atoms with Gasteiger partial charge < -0.3 is 10.1 Å². The van der Waals surface area contributed by atoms with Crippen LogP contribution < -0.4 is 10.1 Å². The summed E-state index contributed by atoms with van der Waals surface area (Å²) in [6, 6.07) is 25.4. The number of aromatic nitrogens is 3. The first-order valence-corrected chi connectivity index (χ1v) is 12.0. The number of hydrogen-bond acceptors (Lipinski definition) is 4. The third-order valence-electron chi connectivity index (χ3n) is 5.82. The number of rotatable bonds is 8. The number of nitrogens with zero attached hydrogens (tertiary/aromatic N) is 3. The van der Waals surface area contributed by atoms with E-state index in [9.17, 15) is 4.79 Å². The van der Waals surface area contributed by atoms with Gasteiger partial charge in [-0.05, 0) is 65.6 Å². The van der Waals surface area contributed by atoms with Gasteiger partial charge in [0.05, 0.1) is 16.4 Å². The molecule has 0 aliphatic heterocycles. The van der Waals surface area contributed by atoms with Crippen LogP contribution in [0.25, 0.3) is 27.5 Å². The van der Waals surface area contributed by atoms with Crippen LogP contribution in [-0.4, -0.2) is 27.5 Å². The molecule has 0 bridgehead atoms. The minimum Gasteiger partial charge on any atom is -0.484 e. The average Bonchev–Trinajstić information content (AvgIpc) is 3.29. The van der Waals surface area contributed by atoms with Crippen LogP contribution in [0, 0.1) is 0 Å². The Labute approximate surface area is 208 Å². The van der Waals surface area contributed by atoms with Crippen molar-refractivity contribution in [2.75, 3.05) is 11.9 Å². The molecule has 0 aliphatic carbocycles. The quantitative estimate of drug-likeness (QED) is 0.270. The highest BCUT2D eigenvalue weighted by Crippen LogP contribution is 2.27. The van der Waals surface area contributed by atoms with Crippen LogP contribution in [0.5, 0.6) is 5.75 Å². The average molecular weight is 485 g/mol. The Morgan fingerprint density at radius 3 is 2.46 bits per heavy atom. The molecule has 0 saturated heterocycles. The highest BCUT2D eigenvalue weighted by molar-refractivity contribution is 6.34. The molecule has 0 radical (unpaired) electrons. The Bertz CT molecular complexity index is 1490. The van der Waals surface area contributed by atoms with E-state index in [1.165, 1.54) is 18.4 Å². The van der Waals surface area contributed by atoms with Crippen LogP contribution >= 0.6 is 11.6 Å². The molecule has 4 aromatic carbocycles. The second-order valence-corrected chi connectivity index (χ2v) is 8.83. The molecule has 0 unspecified atom stereocenters. The highest BCUT2D eigenvalue weighted by Gasteiger charge is 2.12. The molecule has 5 aromatic rings. The van der Waals surface area contributed by atoms with E-state index in [0.29, 0.717) is 27.5 Å². The normalized spacial score (nSPS) is 11.1. The summed E-state index contributed by atoms with van der Waals surface area (Å²) < 4.78 is 5.68. The topological polar surface area (TPSA) is 69.0 Å². The van der Waals surface area contributed by atoms with Gasteiger partial charge in [0, 0.05) is 0 Å². The van der Waals surface area contributed by atoms with Gasteiger partial charge in [0.1, 0.15) is 16.8 Å².